The van der Waals surface area contributed by atoms with Crippen molar-refractivity contribution in [3.63, 3.8) is 0 Å². The molecule has 1 aromatic carbocycles. The first kappa shape index (κ1) is 22.6. The largest absolute Gasteiger partial charge is 0.368 e. The number of thioether (sulfide) groups is 1. The fourth-order valence-corrected chi connectivity index (χ4v) is 4.81. The molecule has 1 aliphatic rings. The van der Waals surface area contributed by atoms with E-state index < -0.39 is 11.2 Å². The summed E-state index contributed by atoms with van der Waals surface area (Å²) in [4.78, 5) is 19.1. The van der Waals surface area contributed by atoms with Crippen LogP contribution in [0.2, 0.25) is 0 Å². The molecule has 1 aromatic heterocycles. The average Bonchev–Trinajstić information content (AvgIpc) is 3.00. The van der Waals surface area contributed by atoms with Crippen molar-refractivity contribution in [3.05, 3.63) is 52.6 Å². The standard InChI is InChI=1S/C23H26N6OS/c1-3-17-18(13-24)22(29-11-9-15(2)27-10-12-29)28-23(19(17)14-25)31-20(21(26)30)16-7-5-4-6-8-16/h4-8,15,20,27H,3,9-12H2,1-2H3,(H2,26,30). The predicted octanol–water partition coefficient (Wildman–Crippen LogP) is 2.89. The van der Waals surface area contributed by atoms with Crippen molar-refractivity contribution < 1.29 is 4.79 Å². The summed E-state index contributed by atoms with van der Waals surface area (Å²) in [6.45, 7) is 6.31. The molecule has 3 rings (SSSR count). The van der Waals surface area contributed by atoms with E-state index in [1.165, 1.54) is 11.8 Å². The Morgan fingerprint density at radius 3 is 2.61 bits per heavy atom. The van der Waals surface area contributed by atoms with Crippen molar-refractivity contribution >= 4 is 23.5 Å². The second-order valence-corrected chi connectivity index (χ2v) is 8.58. The smallest absolute Gasteiger partial charge is 0.235 e. The number of anilines is 1. The van der Waals surface area contributed by atoms with E-state index in [0.29, 0.717) is 46.5 Å². The van der Waals surface area contributed by atoms with Crippen molar-refractivity contribution in [1.29, 1.82) is 10.5 Å². The zero-order valence-corrected chi connectivity index (χ0v) is 18.6. The number of nitriles is 2. The van der Waals surface area contributed by atoms with Gasteiger partial charge in [0.05, 0.1) is 11.1 Å². The molecule has 31 heavy (non-hydrogen) atoms. The van der Waals surface area contributed by atoms with E-state index in [9.17, 15) is 15.3 Å². The molecule has 0 radical (unpaired) electrons. The Labute approximate surface area is 187 Å². The monoisotopic (exact) mass is 434 g/mol. The van der Waals surface area contributed by atoms with Gasteiger partial charge in [-0.2, -0.15) is 10.5 Å². The van der Waals surface area contributed by atoms with Crippen molar-refractivity contribution in [2.45, 2.75) is 43.0 Å². The lowest BCUT2D eigenvalue weighted by Gasteiger charge is -2.25. The highest BCUT2D eigenvalue weighted by Gasteiger charge is 2.27. The zero-order chi connectivity index (χ0) is 22.4. The zero-order valence-electron chi connectivity index (χ0n) is 17.8. The molecule has 0 bridgehead atoms. The summed E-state index contributed by atoms with van der Waals surface area (Å²) in [5.74, 6) is 0.0756. The van der Waals surface area contributed by atoms with Gasteiger partial charge >= 0.3 is 0 Å². The number of carbonyl (C=O) groups is 1. The quantitative estimate of drug-likeness (QED) is 0.671. The number of primary amides is 1. The lowest BCUT2D eigenvalue weighted by atomic mass is 10.0. The number of aromatic nitrogens is 1. The molecule has 1 fully saturated rings. The Kier molecular flexibility index (Phi) is 7.51. The minimum atomic E-state index is -0.683. The third-order valence-corrected chi connectivity index (χ3v) is 6.68. The number of nitrogens with zero attached hydrogens (tertiary/aromatic N) is 4. The topological polar surface area (TPSA) is 119 Å². The van der Waals surface area contributed by atoms with Gasteiger partial charge in [0.2, 0.25) is 5.91 Å². The molecule has 2 aromatic rings. The number of hydrogen-bond donors (Lipinski definition) is 2. The summed E-state index contributed by atoms with van der Waals surface area (Å²) in [6.07, 6.45) is 1.44. The first-order valence-electron chi connectivity index (χ1n) is 10.4. The maximum Gasteiger partial charge on any atom is 0.235 e. The summed E-state index contributed by atoms with van der Waals surface area (Å²) >= 11 is 1.17. The van der Waals surface area contributed by atoms with Gasteiger partial charge in [0.15, 0.2) is 0 Å². The van der Waals surface area contributed by atoms with E-state index in [1.54, 1.807) is 0 Å². The van der Waals surface area contributed by atoms with Crippen LogP contribution < -0.4 is 16.0 Å². The van der Waals surface area contributed by atoms with Gasteiger partial charge in [-0.3, -0.25) is 4.79 Å². The molecule has 0 spiro atoms. The Morgan fingerprint density at radius 2 is 2.00 bits per heavy atom. The molecule has 2 unspecified atom stereocenters. The molecule has 2 atom stereocenters. The van der Waals surface area contributed by atoms with Gasteiger partial charge in [0.1, 0.15) is 28.2 Å². The van der Waals surface area contributed by atoms with Crippen LogP contribution in [0.1, 0.15) is 47.8 Å². The Balaban J connectivity index is 2.12. The predicted molar refractivity (Wildman–Crippen MR) is 122 cm³/mol. The molecule has 0 aliphatic carbocycles. The first-order chi connectivity index (χ1) is 15.0. The highest BCUT2D eigenvalue weighted by molar-refractivity contribution is 8.00. The van der Waals surface area contributed by atoms with E-state index in [4.69, 9.17) is 10.7 Å². The molecule has 3 N–H and O–H groups in total. The maximum atomic E-state index is 12.3. The third kappa shape index (κ3) is 4.99. The van der Waals surface area contributed by atoms with Crippen LogP contribution in [-0.2, 0) is 11.2 Å². The van der Waals surface area contributed by atoms with Crippen molar-refractivity contribution in [1.82, 2.24) is 10.3 Å². The number of pyridine rings is 1. The second kappa shape index (κ2) is 10.3. The van der Waals surface area contributed by atoms with Crippen LogP contribution >= 0.6 is 11.8 Å². The molecule has 2 heterocycles. The third-order valence-electron chi connectivity index (χ3n) is 5.42. The number of hydrogen-bond acceptors (Lipinski definition) is 7. The average molecular weight is 435 g/mol. The summed E-state index contributed by atoms with van der Waals surface area (Å²) in [6, 6.07) is 14.1. The number of rotatable bonds is 6. The van der Waals surface area contributed by atoms with E-state index in [0.717, 1.165) is 25.1 Å². The fraction of sp³-hybridized carbons (Fsp3) is 0.391. The summed E-state index contributed by atoms with van der Waals surface area (Å²) in [7, 11) is 0. The van der Waals surface area contributed by atoms with Crippen molar-refractivity contribution in [3.8, 4) is 12.1 Å². The van der Waals surface area contributed by atoms with Crippen molar-refractivity contribution in [2.75, 3.05) is 24.5 Å². The first-order valence-corrected chi connectivity index (χ1v) is 11.2. The lowest BCUT2D eigenvalue weighted by Crippen LogP contribution is -2.30. The van der Waals surface area contributed by atoms with Gasteiger partial charge in [0.25, 0.3) is 0 Å². The molecule has 1 aliphatic heterocycles. The minimum Gasteiger partial charge on any atom is -0.368 e. The number of carbonyl (C=O) groups excluding carboxylic acids is 1. The van der Waals surface area contributed by atoms with Crippen LogP contribution in [-0.4, -0.2) is 36.6 Å². The molecule has 160 valence electrons. The molecular formula is C23H26N6OS. The van der Waals surface area contributed by atoms with E-state index in [-0.39, 0.29) is 0 Å². The van der Waals surface area contributed by atoms with E-state index in [1.807, 2.05) is 37.3 Å². The van der Waals surface area contributed by atoms with E-state index in [2.05, 4.69) is 29.3 Å². The molecule has 1 saturated heterocycles. The number of nitrogens with one attached hydrogen (secondary N) is 1. The van der Waals surface area contributed by atoms with Gasteiger partial charge in [0, 0.05) is 25.7 Å². The van der Waals surface area contributed by atoms with Crippen LogP contribution in [0.15, 0.2) is 35.4 Å². The molecule has 7 nitrogen and oxygen atoms in total. The molecule has 0 saturated carbocycles. The fourth-order valence-electron chi connectivity index (χ4n) is 3.75. The summed E-state index contributed by atoms with van der Waals surface area (Å²) in [5.41, 5.74) is 7.91. The Bertz CT molecular complexity index is 1030. The van der Waals surface area contributed by atoms with E-state index >= 15 is 0 Å². The highest BCUT2D eigenvalue weighted by Crippen LogP contribution is 2.39. The van der Waals surface area contributed by atoms with Crippen LogP contribution in [0.25, 0.3) is 0 Å². The Hall–Kier alpha value is -3.07. The van der Waals surface area contributed by atoms with Gasteiger partial charge in [-0.1, -0.05) is 49.0 Å². The normalized spacial score (nSPS) is 17.3. The van der Waals surface area contributed by atoms with Crippen LogP contribution in [0.5, 0.6) is 0 Å². The molecular weight excluding hydrogens is 408 g/mol. The number of nitrogens with two attached hydrogens (primary N) is 1. The number of benzene rings is 1. The number of amides is 1. The van der Waals surface area contributed by atoms with Crippen LogP contribution in [0.4, 0.5) is 5.82 Å². The van der Waals surface area contributed by atoms with Crippen LogP contribution in [0, 0.1) is 22.7 Å². The minimum absolute atomic E-state index is 0.344. The van der Waals surface area contributed by atoms with Crippen LogP contribution in [0.3, 0.4) is 0 Å². The van der Waals surface area contributed by atoms with Gasteiger partial charge < -0.3 is 16.0 Å². The molecule has 1 amide bonds. The van der Waals surface area contributed by atoms with Crippen molar-refractivity contribution in [2.24, 2.45) is 5.73 Å². The van der Waals surface area contributed by atoms with Gasteiger partial charge in [-0.05, 0) is 30.9 Å². The summed E-state index contributed by atoms with van der Waals surface area (Å²) in [5, 5.41) is 23.0. The lowest BCUT2D eigenvalue weighted by molar-refractivity contribution is -0.117. The SMILES string of the molecule is CCc1c(C#N)c(SC(C(N)=O)c2ccccc2)nc(N2CCNC(C)CC2)c1C#N. The van der Waals surface area contributed by atoms with Gasteiger partial charge in [-0.15, -0.1) is 0 Å². The van der Waals surface area contributed by atoms with Gasteiger partial charge in [-0.25, -0.2) is 4.98 Å². The Morgan fingerprint density at radius 1 is 1.29 bits per heavy atom. The molecule has 8 heteroatoms. The maximum absolute atomic E-state index is 12.3. The summed E-state index contributed by atoms with van der Waals surface area (Å²) < 4.78 is 0. The second-order valence-electron chi connectivity index (χ2n) is 7.49. The highest BCUT2D eigenvalue weighted by atomic mass is 32.2.